The summed E-state index contributed by atoms with van der Waals surface area (Å²) in [6.07, 6.45) is -3.94. The van der Waals surface area contributed by atoms with Crippen molar-refractivity contribution in [1.29, 1.82) is 0 Å². The van der Waals surface area contributed by atoms with Gasteiger partial charge >= 0.3 is 12.1 Å². The molecule has 0 saturated carbocycles. The number of nitrogens with zero attached hydrogens (tertiary/aromatic N) is 1. The second-order valence-electron chi connectivity index (χ2n) is 3.58. The number of halogens is 3. The van der Waals surface area contributed by atoms with Gasteiger partial charge in [0.2, 0.25) is 0 Å². The summed E-state index contributed by atoms with van der Waals surface area (Å²) < 4.78 is 39.5. The van der Waals surface area contributed by atoms with E-state index >= 15 is 0 Å². The lowest BCUT2D eigenvalue weighted by Gasteiger charge is -2.19. The Hall–Kier alpha value is -0.820. The van der Waals surface area contributed by atoms with E-state index in [1.165, 1.54) is 0 Å². The van der Waals surface area contributed by atoms with E-state index in [9.17, 15) is 18.0 Å². The van der Waals surface area contributed by atoms with E-state index in [4.69, 9.17) is 0 Å². The number of carbonyl (C=O) groups excluding carboxylic acids is 1. The van der Waals surface area contributed by atoms with Crippen LogP contribution in [0, 0.1) is 0 Å². The van der Waals surface area contributed by atoms with Crippen LogP contribution in [-0.2, 0) is 9.53 Å². The first kappa shape index (κ1) is 13.2. The van der Waals surface area contributed by atoms with Gasteiger partial charge in [0.15, 0.2) is 0 Å². The van der Waals surface area contributed by atoms with Crippen LogP contribution >= 0.6 is 0 Å². The zero-order chi connectivity index (χ0) is 12.0. The molecular weight excluding hydrogens is 225 g/mol. The zero-order valence-corrected chi connectivity index (χ0v) is 8.85. The van der Waals surface area contributed by atoms with Crippen LogP contribution in [0.1, 0.15) is 6.42 Å². The molecule has 1 rings (SSSR count). The van der Waals surface area contributed by atoms with Crippen LogP contribution in [0.2, 0.25) is 0 Å². The molecular formula is C9H15F3N2O2. The highest BCUT2D eigenvalue weighted by atomic mass is 19.4. The summed E-state index contributed by atoms with van der Waals surface area (Å²) in [6, 6.07) is 0. The van der Waals surface area contributed by atoms with Gasteiger partial charge in [-0.05, 0) is 19.5 Å². The Morgan fingerprint density at radius 3 is 2.75 bits per heavy atom. The van der Waals surface area contributed by atoms with Crippen molar-refractivity contribution in [1.82, 2.24) is 10.2 Å². The number of carbonyl (C=O) groups is 1. The van der Waals surface area contributed by atoms with E-state index in [0.29, 0.717) is 6.54 Å². The van der Waals surface area contributed by atoms with Crippen molar-refractivity contribution in [3.8, 4) is 0 Å². The molecule has 94 valence electrons. The lowest BCUT2D eigenvalue weighted by molar-refractivity contribution is -0.199. The van der Waals surface area contributed by atoms with Gasteiger partial charge < -0.3 is 10.1 Å². The predicted molar refractivity (Wildman–Crippen MR) is 50.9 cm³/mol. The number of hydrogen-bond acceptors (Lipinski definition) is 4. The van der Waals surface area contributed by atoms with Crippen molar-refractivity contribution in [3.63, 3.8) is 0 Å². The van der Waals surface area contributed by atoms with Crippen LogP contribution in [0.5, 0.6) is 0 Å². The first-order valence-electron chi connectivity index (χ1n) is 5.17. The second-order valence-corrected chi connectivity index (χ2v) is 3.58. The van der Waals surface area contributed by atoms with Crippen LogP contribution in [0.3, 0.4) is 0 Å². The molecule has 0 unspecified atom stereocenters. The molecule has 1 aliphatic rings. The second kappa shape index (κ2) is 6.05. The summed E-state index contributed by atoms with van der Waals surface area (Å²) in [5.74, 6) is -2.11. The molecule has 1 saturated heterocycles. The average Bonchev–Trinajstić information content (AvgIpc) is 2.44. The number of alkyl halides is 3. The van der Waals surface area contributed by atoms with Gasteiger partial charge in [0, 0.05) is 19.6 Å². The van der Waals surface area contributed by atoms with Gasteiger partial charge in [-0.2, -0.15) is 13.2 Å². The van der Waals surface area contributed by atoms with Crippen LogP contribution in [-0.4, -0.2) is 56.4 Å². The SMILES string of the molecule is O=C(OCCN1CCCNCC1)C(F)(F)F. The van der Waals surface area contributed by atoms with Gasteiger partial charge in [0.25, 0.3) is 0 Å². The normalized spacial score (nSPS) is 19.2. The Morgan fingerprint density at radius 2 is 2.06 bits per heavy atom. The molecule has 0 amide bonds. The minimum Gasteiger partial charge on any atom is -0.458 e. The van der Waals surface area contributed by atoms with Gasteiger partial charge in [0.05, 0.1) is 0 Å². The van der Waals surface area contributed by atoms with Gasteiger partial charge in [-0.3, -0.25) is 4.90 Å². The maximum Gasteiger partial charge on any atom is 0.490 e. The highest BCUT2D eigenvalue weighted by molar-refractivity contribution is 5.75. The Balaban J connectivity index is 2.17. The van der Waals surface area contributed by atoms with Crippen molar-refractivity contribution >= 4 is 5.97 Å². The molecule has 1 heterocycles. The van der Waals surface area contributed by atoms with E-state index < -0.39 is 12.1 Å². The molecule has 0 spiro atoms. The molecule has 0 radical (unpaired) electrons. The van der Waals surface area contributed by atoms with Crippen molar-refractivity contribution in [2.24, 2.45) is 0 Å². The molecule has 0 bridgehead atoms. The van der Waals surface area contributed by atoms with Crippen LogP contribution in [0.25, 0.3) is 0 Å². The van der Waals surface area contributed by atoms with Crippen LogP contribution < -0.4 is 5.32 Å². The van der Waals surface area contributed by atoms with Gasteiger partial charge in [-0.1, -0.05) is 0 Å². The third-order valence-corrected chi connectivity index (χ3v) is 2.30. The molecule has 0 atom stereocenters. The Morgan fingerprint density at radius 1 is 1.31 bits per heavy atom. The van der Waals surface area contributed by atoms with E-state index in [1.807, 2.05) is 4.90 Å². The largest absolute Gasteiger partial charge is 0.490 e. The summed E-state index contributed by atoms with van der Waals surface area (Å²) in [5, 5.41) is 3.17. The highest BCUT2D eigenvalue weighted by Gasteiger charge is 2.40. The number of nitrogens with one attached hydrogen (secondary N) is 1. The molecule has 1 N–H and O–H groups in total. The van der Waals surface area contributed by atoms with Gasteiger partial charge in [-0.25, -0.2) is 4.79 Å². The fourth-order valence-electron chi connectivity index (χ4n) is 1.47. The monoisotopic (exact) mass is 240 g/mol. The maximum atomic E-state index is 11.8. The molecule has 0 aromatic heterocycles. The lowest BCUT2D eigenvalue weighted by atomic mass is 10.4. The standard InChI is InChI=1S/C9H15F3N2O2/c10-9(11,12)8(15)16-7-6-14-4-1-2-13-3-5-14/h13H,1-7H2. The first-order chi connectivity index (χ1) is 7.50. The third-order valence-electron chi connectivity index (χ3n) is 2.30. The van der Waals surface area contributed by atoms with Crippen molar-refractivity contribution in [2.75, 3.05) is 39.3 Å². The van der Waals surface area contributed by atoms with E-state index in [1.54, 1.807) is 0 Å². The number of ether oxygens (including phenoxy) is 1. The fraction of sp³-hybridized carbons (Fsp3) is 0.889. The molecule has 0 aliphatic carbocycles. The first-order valence-corrected chi connectivity index (χ1v) is 5.17. The molecule has 7 heteroatoms. The predicted octanol–water partition coefficient (Wildman–Crippen LogP) is 0.387. The fourth-order valence-corrected chi connectivity index (χ4v) is 1.47. The topological polar surface area (TPSA) is 41.6 Å². The molecule has 0 aromatic carbocycles. The molecule has 4 nitrogen and oxygen atoms in total. The third kappa shape index (κ3) is 4.80. The smallest absolute Gasteiger partial charge is 0.458 e. The number of hydrogen-bond donors (Lipinski definition) is 1. The molecule has 1 aliphatic heterocycles. The molecule has 1 fully saturated rings. The van der Waals surface area contributed by atoms with Crippen molar-refractivity contribution < 1.29 is 22.7 Å². The summed E-state index contributed by atoms with van der Waals surface area (Å²) in [5.41, 5.74) is 0. The minimum atomic E-state index is -4.89. The quantitative estimate of drug-likeness (QED) is 0.724. The summed E-state index contributed by atoms with van der Waals surface area (Å²) in [6.45, 7) is 3.45. The van der Waals surface area contributed by atoms with Gasteiger partial charge in [0.1, 0.15) is 6.61 Å². The Kier molecular flexibility index (Phi) is 5.01. The van der Waals surface area contributed by atoms with Crippen molar-refractivity contribution in [2.45, 2.75) is 12.6 Å². The average molecular weight is 240 g/mol. The Bertz CT molecular complexity index is 225. The van der Waals surface area contributed by atoms with E-state index in [-0.39, 0.29) is 6.61 Å². The van der Waals surface area contributed by atoms with Gasteiger partial charge in [-0.15, -0.1) is 0 Å². The number of esters is 1. The summed E-state index contributed by atoms with van der Waals surface area (Å²) in [4.78, 5) is 12.4. The summed E-state index contributed by atoms with van der Waals surface area (Å²) in [7, 11) is 0. The zero-order valence-electron chi connectivity index (χ0n) is 8.85. The van der Waals surface area contributed by atoms with E-state index in [2.05, 4.69) is 10.1 Å². The number of rotatable bonds is 3. The van der Waals surface area contributed by atoms with Crippen LogP contribution in [0.15, 0.2) is 0 Å². The Labute approximate surface area is 91.7 Å². The van der Waals surface area contributed by atoms with Crippen LogP contribution in [0.4, 0.5) is 13.2 Å². The summed E-state index contributed by atoms with van der Waals surface area (Å²) >= 11 is 0. The van der Waals surface area contributed by atoms with Crippen molar-refractivity contribution in [3.05, 3.63) is 0 Å². The molecule has 0 aromatic rings. The lowest BCUT2D eigenvalue weighted by Crippen LogP contribution is -2.33. The maximum absolute atomic E-state index is 11.8. The highest BCUT2D eigenvalue weighted by Crippen LogP contribution is 2.16. The minimum absolute atomic E-state index is 0.210. The van der Waals surface area contributed by atoms with E-state index in [0.717, 1.165) is 32.6 Å². The molecule has 16 heavy (non-hydrogen) atoms.